The van der Waals surface area contributed by atoms with E-state index in [1.165, 1.54) is 0 Å². The fraction of sp³-hybridized carbons (Fsp3) is 0.857. The third kappa shape index (κ3) is 3.01. The first kappa shape index (κ1) is 14.2. The normalized spacial score (nSPS) is 25.5. The molecule has 1 unspecified atom stereocenters. The molecule has 108 valence electrons. The van der Waals surface area contributed by atoms with Crippen LogP contribution in [0.4, 0.5) is 4.79 Å². The van der Waals surface area contributed by atoms with Gasteiger partial charge in [-0.2, -0.15) is 0 Å². The molecule has 1 aliphatic heterocycles. The predicted octanol–water partition coefficient (Wildman–Crippen LogP) is 2.07. The number of rotatable bonds is 3. The third-order valence-corrected chi connectivity index (χ3v) is 4.39. The number of urea groups is 1. The van der Waals surface area contributed by atoms with Gasteiger partial charge < -0.3 is 15.3 Å². The van der Waals surface area contributed by atoms with Gasteiger partial charge in [0.15, 0.2) is 0 Å². The van der Waals surface area contributed by atoms with Crippen molar-refractivity contribution >= 4 is 12.0 Å². The van der Waals surface area contributed by atoms with Crippen LogP contribution in [-0.4, -0.2) is 40.6 Å². The number of hydrogen-bond donors (Lipinski definition) is 2. The minimum Gasteiger partial charge on any atom is -0.480 e. The first-order valence-electron chi connectivity index (χ1n) is 7.05. The third-order valence-electron chi connectivity index (χ3n) is 4.39. The maximum Gasteiger partial charge on any atom is 0.329 e. The van der Waals surface area contributed by atoms with Gasteiger partial charge in [-0.3, -0.25) is 0 Å². The fourth-order valence-electron chi connectivity index (χ4n) is 2.89. The van der Waals surface area contributed by atoms with Gasteiger partial charge in [0.2, 0.25) is 0 Å². The Morgan fingerprint density at radius 2 is 2.00 bits per heavy atom. The van der Waals surface area contributed by atoms with Crippen molar-refractivity contribution in [3.05, 3.63) is 0 Å². The molecule has 0 radical (unpaired) electrons. The van der Waals surface area contributed by atoms with Crippen molar-refractivity contribution in [1.82, 2.24) is 10.2 Å². The number of piperidine rings is 1. The summed E-state index contributed by atoms with van der Waals surface area (Å²) in [6.07, 6.45) is 3.85. The van der Waals surface area contributed by atoms with E-state index in [-0.39, 0.29) is 17.4 Å². The van der Waals surface area contributed by atoms with E-state index in [9.17, 15) is 14.7 Å². The summed E-state index contributed by atoms with van der Waals surface area (Å²) in [4.78, 5) is 25.5. The summed E-state index contributed by atoms with van der Waals surface area (Å²) in [5.41, 5.74) is -0.993. The van der Waals surface area contributed by atoms with Crippen molar-refractivity contribution in [2.24, 2.45) is 11.3 Å². The van der Waals surface area contributed by atoms with Gasteiger partial charge in [0.1, 0.15) is 5.54 Å². The Kier molecular flexibility index (Phi) is 3.49. The molecule has 2 rings (SSSR count). The lowest BCUT2D eigenvalue weighted by atomic mass is 9.84. The van der Waals surface area contributed by atoms with Gasteiger partial charge in [-0.25, -0.2) is 9.59 Å². The van der Waals surface area contributed by atoms with Gasteiger partial charge in [-0.15, -0.1) is 0 Å². The number of aliphatic carboxylic acids is 1. The molecule has 5 heteroatoms. The number of carbonyl (C=O) groups excluding carboxylic acids is 1. The number of carboxylic acid groups (broad SMARTS) is 1. The SMILES string of the molecule is CC1(C)CCCN(C(=O)NC(C)(C(=O)O)C2CC2)C1. The number of carbonyl (C=O) groups is 2. The molecule has 0 aromatic carbocycles. The number of carboxylic acids is 1. The Labute approximate surface area is 114 Å². The Balaban J connectivity index is 2.01. The second-order valence-electron chi connectivity index (χ2n) is 6.90. The second-order valence-corrected chi connectivity index (χ2v) is 6.90. The molecule has 0 aromatic heterocycles. The summed E-state index contributed by atoms with van der Waals surface area (Å²) in [5.74, 6) is -0.855. The van der Waals surface area contributed by atoms with Crippen LogP contribution in [0.5, 0.6) is 0 Å². The van der Waals surface area contributed by atoms with Gasteiger partial charge >= 0.3 is 12.0 Å². The van der Waals surface area contributed by atoms with E-state index in [1.54, 1.807) is 11.8 Å². The standard InChI is InChI=1S/C14H24N2O3/c1-13(2)7-4-8-16(9-13)12(19)15-14(3,11(17)18)10-5-6-10/h10H,4-9H2,1-3H3,(H,15,19)(H,17,18). The van der Waals surface area contributed by atoms with E-state index >= 15 is 0 Å². The van der Waals surface area contributed by atoms with Gasteiger partial charge in [-0.1, -0.05) is 13.8 Å². The molecule has 1 atom stereocenters. The van der Waals surface area contributed by atoms with Crippen LogP contribution in [0.3, 0.4) is 0 Å². The smallest absolute Gasteiger partial charge is 0.329 e. The van der Waals surface area contributed by atoms with Crippen molar-refractivity contribution in [1.29, 1.82) is 0 Å². The molecule has 1 saturated carbocycles. The number of likely N-dealkylation sites (tertiary alicyclic amines) is 1. The Bertz CT molecular complexity index is 390. The summed E-state index contributed by atoms with van der Waals surface area (Å²) in [5, 5.41) is 12.1. The molecule has 1 aliphatic carbocycles. The molecule has 2 amide bonds. The van der Waals surface area contributed by atoms with Crippen LogP contribution in [0.25, 0.3) is 0 Å². The van der Waals surface area contributed by atoms with Crippen LogP contribution in [-0.2, 0) is 4.79 Å². The van der Waals surface area contributed by atoms with Crippen LogP contribution in [0.1, 0.15) is 46.5 Å². The first-order chi connectivity index (χ1) is 8.74. The zero-order chi connectivity index (χ0) is 14.3. The average molecular weight is 268 g/mol. The van der Waals surface area contributed by atoms with Crippen molar-refractivity contribution in [3.63, 3.8) is 0 Å². The Morgan fingerprint density at radius 1 is 1.37 bits per heavy atom. The molecule has 0 spiro atoms. The van der Waals surface area contributed by atoms with Crippen molar-refractivity contribution in [2.75, 3.05) is 13.1 Å². The highest BCUT2D eigenvalue weighted by atomic mass is 16.4. The highest BCUT2D eigenvalue weighted by Gasteiger charge is 2.49. The van der Waals surface area contributed by atoms with Crippen LogP contribution in [0.2, 0.25) is 0 Å². The molecule has 2 N–H and O–H groups in total. The maximum atomic E-state index is 12.3. The molecular formula is C14H24N2O3. The zero-order valence-electron chi connectivity index (χ0n) is 12.0. The second kappa shape index (κ2) is 4.69. The molecule has 1 heterocycles. The highest BCUT2D eigenvalue weighted by Crippen LogP contribution is 2.40. The minimum atomic E-state index is -1.11. The largest absolute Gasteiger partial charge is 0.480 e. The van der Waals surface area contributed by atoms with Crippen molar-refractivity contribution < 1.29 is 14.7 Å². The molecule has 2 aliphatic rings. The number of nitrogens with zero attached hydrogens (tertiary/aromatic N) is 1. The maximum absolute atomic E-state index is 12.3. The first-order valence-corrected chi connectivity index (χ1v) is 7.05. The molecule has 19 heavy (non-hydrogen) atoms. The van der Waals surface area contributed by atoms with E-state index in [1.807, 2.05) is 0 Å². The van der Waals surface area contributed by atoms with Crippen LogP contribution >= 0.6 is 0 Å². The molecule has 0 aromatic rings. The molecular weight excluding hydrogens is 244 g/mol. The highest BCUT2D eigenvalue weighted by molar-refractivity contribution is 5.86. The van der Waals surface area contributed by atoms with Gasteiger partial charge in [0, 0.05) is 13.1 Å². The number of hydrogen-bond acceptors (Lipinski definition) is 2. The van der Waals surface area contributed by atoms with Crippen LogP contribution in [0.15, 0.2) is 0 Å². The summed E-state index contributed by atoms with van der Waals surface area (Å²) >= 11 is 0. The molecule has 0 bridgehead atoms. The fourth-order valence-corrected chi connectivity index (χ4v) is 2.89. The van der Waals surface area contributed by atoms with Gasteiger partial charge in [-0.05, 0) is 43.9 Å². The monoisotopic (exact) mass is 268 g/mol. The Hall–Kier alpha value is -1.26. The topological polar surface area (TPSA) is 69.6 Å². The predicted molar refractivity (Wildman–Crippen MR) is 71.9 cm³/mol. The van der Waals surface area contributed by atoms with E-state index < -0.39 is 11.5 Å². The lowest BCUT2D eigenvalue weighted by Gasteiger charge is -2.39. The van der Waals surface area contributed by atoms with Crippen LogP contribution in [0, 0.1) is 11.3 Å². The average Bonchev–Trinajstić information content (AvgIpc) is 3.11. The summed E-state index contributed by atoms with van der Waals surface area (Å²) < 4.78 is 0. The molecule has 5 nitrogen and oxygen atoms in total. The summed E-state index contributed by atoms with van der Waals surface area (Å²) in [6.45, 7) is 7.32. The lowest BCUT2D eigenvalue weighted by molar-refractivity contribution is -0.144. The quantitative estimate of drug-likeness (QED) is 0.823. The van der Waals surface area contributed by atoms with E-state index in [0.717, 1.165) is 32.2 Å². The zero-order valence-corrected chi connectivity index (χ0v) is 12.0. The lowest BCUT2D eigenvalue weighted by Crippen LogP contribution is -2.59. The van der Waals surface area contributed by atoms with Crippen molar-refractivity contribution in [3.8, 4) is 0 Å². The number of nitrogens with one attached hydrogen (secondary N) is 1. The van der Waals surface area contributed by atoms with E-state index in [2.05, 4.69) is 19.2 Å². The van der Waals surface area contributed by atoms with Gasteiger partial charge in [0.05, 0.1) is 0 Å². The number of amides is 2. The van der Waals surface area contributed by atoms with E-state index in [0.29, 0.717) is 6.54 Å². The van der Waals surface area contributed by atoms with Crippen molar-refractivity contribution in [2.45, 2.75) is 52.0 Å². The molecule has 2 fully saturated rings. The summed E-state index contributed by atoms with van der Waals surface area (Å²) in [7, 11) is 0. The summed E-state index contributed by atoms with van der Waals surface area (Å²) in [6, 6.07) is -0.232. The van der Waals surface area contributed by atoms with E-state index in [4.69, 9.17) is 0 Å². The molecule has 1 saturated heterocycles. The van der Waals surface area contributed by atoms with Gasteiger partial charge in [0.25, 0.3) is 0 Å². The minimum absolute atomic E-state index is 0.0757. The Morgan fingerprint density at radius 3 is 2.47 bits per heavy atom. The van der Waals surface area contributed by atoms with Crippen LogP contribution < -0.4 is 5.32 Å².